The van der Waals surface area contributed by atoms with Gasteiger partial charge in [-0.2, -0.15) is 0 Å². The number of rotatable bonds is 4. The number of hydrogen-bond acceptors (Lipinski definition) is 3. The van der Waals surface area contributed by atoms with Crippen LogP contribution in [0.25, 0.3) is 10.9 Å². The molecule has 0 atom stereocenters. The Kier molecular flexibility index (Phi) is 3.73. The quantitative estimate of drug-likeness (QED) is 0.755. The van der Waals surface area contributed by atoms with E-state index in [1.54, 1.807) is 0 Å². The first-order chi connectivity index (χ1) is 10.3. The predicted octanol–water partition coefficient (Wildman–Crippen LogP) is 4.63. The fourth-order valence-electron chi connectivity index (χ4n) is 2.36. The van der Waals surface area contributed by atoms with Crippen LogP contribution in [-0.4, -0.2) is 12.0 Å². The van der Waals surface area contributed by atoms with Gasteiger partial charge in [0.05, 0.1) is 0 Å². The summed E-state index contributed by atoms with van der Waals surface area (Å²) in [6, 6.07) is 17.9. The summed E-state index contributed by atoms with van der Waals surface area (Å²) in [6.07, 6.45) is 0.893. The van der Waals surface area contributed by atoms with Gasteiger partial charge in [-0.15, -0.1) is 0 Å². The molecular weight excluding hydrogens is 260 g/mol. The third kappa shape index (κ3) is 2.68. The molecule has 0 spiro atoms. The van der Waals surface area contributed by atoms with Gasteiger partial charge in [0, 0.05) is 23.8 Å². The van der Waals surface area contributed by atoms with Gasteiger partial charge < -0.3 is 10.1 Å². The highest BCUT2D eigenvalue weighted by Crippen LogP contribution is 2.32. The summed E-state index contributed by atoms with van der Waals surface area (Å²) in [4.78, 5) is 4.73. The number of aryl methyl sites for hydroxylation is 1. The van der Waals surface area contributed by atoms with Crippen LogP contribution in [0, 0.1) is 0 Å². The van der Waals surface area contributed by atoms with Crippen LogP contribution in [-0.2, 0) is 6.42 Å². The van der Waals surface area contributed by atoms with Gasteiger partial charge >= 0.3 is 0 Å². The molecule has 2 aromatic carbocycles. The zero-order valence-electron chi connectivity index (χ0n) is 12.3. The molecule has 0 amide bonds. The molecular formula is C18H18N2O. The van der Waals surface area contributed by atoms with Gasteiger partial charge in [-0.1, -0.05) is 37.3 Å². The Morgan fingerprint density at radius 3 is 2.57 bits per heavy atom. The van der Waals surface area contributed by atoms with Crippen LogP contribution in [0.2, 0.25) is 0 Å². The number of benzene rings is 2. The van der Waals surface area contributed by atoms with Gasteiger partial charge in [0.25, 0.3) is 0 Å². The molecule has 0 aliphatic rings. The Morgan fingerprint density at radius 2 is 1.86 bits per heavy atom. The van der Waals surface area contributed by atoms with Crippen LogP contribution in [0.3, 0.4) is 0 Å². The van der Waals surface area contributed by atoms with Crippen molar-refractivity contribution in [3.8, 4) is 11.5 Å². The van der Waals surface area contributed by atoms with Crippen molar-refractivity contribution in [3.05, 3.63) is 60.3 Å². The SMILES string of the molecule is CCc1cc(NC)c2cccc(Oc3ccccc3)c2n1. The summed E-state index contributed by atoms with van der Waals surface area (Å²) in [7, 11) is 1.93. The highest BCUT2D eigenvalue weighted by Gasteiger charge is 2.09. The van der Waals surface area contributed by atoms with E-state index in [9.17, 15) is 0 Å². The Morgan fingerprint density at radius 1 is 1.05 bits per heavy atom. The van der Waals surface area contributed by atoms with E-state index in [-0.39, 0.29) is 0 Å². The number of hydrogen-bond donors (Lipinski definition) is 1. The number of fused-ring (bicyclic) bond motifs is 1. The number of ether oxygens (including phenoxy) is 1. The van der Waals surface area contributed by atoms with Crippen molar-refractivity contribution in [2.75, 3.05) is 12.4 Å². The number of pyridine rings is 1. The number of nitrogens with zero attached hydrogens (tertiary/aromatic N) is 1. The molecule has 3 rings (SSSR count). The first kappa shape index (κ1) is 13.4. The van der Waals surface area contributed by atoms with E-state index in [0.717, 1.165) is 40.2 Å². The van der Waals surface area contributed by atoms with Crippen molar-refractivity contribution in [1.29, 1.82) is 0 Å². The molecule has 3 aromatic rings. The minimum absolute atomic E-state index is 0.783. The maximum absolute atomic E-state index is 6.00. The molecule has 1 N–H and O–H groups in total. The molecule has 0 aliphatic carbocycles. The van der Waals surface area contributed by atoms with Gasteiger partial charge in [-0.05, 0) is 30.7 Å². The van der Waals surface area contributed by atoms with Crippen molar-refractivity contribution < 1.29 is 4.74 Å². The minimum Gasteiger partial charge on any atom is -0.455 e. The summed E-state index contributed by atoms with van der Waals surface area (Å²) in [5, 5.41) is 4.31. The lowest BCUT2D eigenvalue weighted by atomic mass is 10.1. The van der Waals surface area contributed by atoms with Crippen LogP contribution >= 0.6 is 0 Å². The largest absolute Gasteiger partial charge is 0.455 e. The summed E-state index contributed by atoms with van der Waals surface area (Å²) in [6.45, 7) is 2.11. The van der Waals surface area contributed by atoms with Crippen molar-refractivity contribution in [3.63, 3.8) is 0 Å². The molecule has 0 radical (unpaired) electrons. The molecule has 0 unspecified atom stereocenters. The van der Waals surface area contributed by atoms with E-state index in [1.165, 1.54) is 0 Å². The number of anilines is 1. The average molecular weight is 278 g/mol. The van der Waals surface area contributed by atoms with Crippen molar-refractivity contribution >= 4 is 16.6 Å². The first-order valence-electron chi connectivity index (χ1n) is 7.15. The van der Waals surface area contributed by atoms with Gasteiger partial charge in [0.2, 0.25) is 0 Å². The van der Waals surface area contributed by atoms with Gasteiger partial charge in [0.15, 0.2) is 5.75 Å². The minimum atomic E-state index is 0.783. The molecule has 106 valence electrons. The van der Waals surface area contributed by atoms with E-state index < -0.39 is 0 Å². The number of aromatic nitrogens is 1. The lowest BCUT2D eigenvalue weighted by Crippen LogP contribution is -1.97. The average Bonchev–Trinajstić information content (AvgIpc) is 2.55. The van der Waals surface area contributed by atoms with Crippen molar-refractivity contribution in [2.24, 2.45) is 0 Å². The third-order valence-corrected chi connectivity index (χ3v) is 3.46. The summed E-state index contributed by atoms with van der Waals surface area (Å²) < 4.78 is 6.00. The normalized spacial score (nSPS) is 10.6. The molecule has 0 aliphatic heterocycles. The van der Waals surface area contributed by atoms with E-state index >= 15 is 0 Å². The lowest BCUT2D eigenvalue weighted by molar-refractivity contribution is 0.487. The van der Waals surface area contributed by atoms with Crippen LogP contribution in [0.1, 0.15) is 12.6 Å². The Labute approximate surface area is 124 Å². The highest BCUT2D eigenvalue weighted by atomic mass is 16.5. The second kappa shape index (κ2) is 5.83. The predicted molar refractivity (Wildman–Crippen MR) is 87.2 cm³/mol. The molecule has 1 heterocycles. The topological polar surface area (TPSA) is 34.1 Å². The summed E-state index contributed by atoms with van der Waals surface area (Å²) in [5.74, 6) is 1.60. The molecule has 3 heteroatoms. The van der Waals surface area contributed by atoms with Gasteiger partial charge in [-0.25, -0.2) is 4.98 Å². The van der Waals surface area contributed by atoms with Crippen LogP contribution in [0.15, 0.2) is 54.6 Å². The molecule has 1 aromatic heterocycles. The number of para-hydroxylation sites is 2. The molecule has 0 bridgehead atoms. The van der Waals surface area contributed by atoms with Crippen LogP contribution < -0.4 is 10.1 Å². The molecule has 0 saturated carbocycles. The Hall–Kier alpha value is -2.55. The second-order valence-corrected chi connectivity index (χ2v) is 4.83. The molecule has 0 fully saturated rings. The second-order valence-electron chi connectivity index (χ2n) is 4.83. The fourth-order valence-corrected chi connectivity index (χ4v) is 2.36. The van der Waals surface area contributed by atoms with Crippen molar-refractivity contribution in [2.45, 2.75) is 13.3 Å². The highest BCUT2D eigenvalue weighted by molar-refractivity contribution is 5.95. The Balaban J connectivity index is 2.14. The van der Waals surface area contributed by atoms with E-state index in [4.69, 9.17) is 9.72 Å². The van der Waals surface area contributed by atoms with Crippen molar-refractivity contribution in [1.82, 2.24) is 4.98 Å². The molecule has 3 nitrogen and oxygen atoms in total. The number of nitrogens with one attached hydrogen (secondary N) is 1. The smallest absolute Gasteiger partial charge is 0.153 e. The maximum Gasteiger partial charge on any atom is 0.153 e. The molecule has 21 heavy (non-hydrogen) atoms. The van der Waals surface area contributed by atoms with Gasteiger partial charge in [0.1, 0.15) is 11.3 Å². The van der Waals surface area contributed by atoms with Crippen LogP contribution in [0.5, 0.6) is 11.5 Å². The van der Waals surface area contributed by atoms with Crippen LogP contribution in [0.4, 0.5) is 5.69 Å². The summed E-state index contributed by atoms with van der Waals surface area (Å²) in [5.41, 5.74) is 3.02. The third-order valence-electron chi connectivity index (χ3n) is 3.46. The van der Waals surface area contributed by atoms with E-state index in [0.29, 0.717) is 0 Å². The lowest BCUT2D eigenvalue weighted by Gasteiger charge is -2.12. The Bertz CT molecular complexity index is 754. The first-order valence-corrected chi connectivity index (χ1v) is 7.15. The standard InChI is InChI=1S/C18H18N2O/c1-3-13-12-16(19-2)15-10-7-11-17(18(15)20-13)21-14-8-5-4-6-9-14/h4-12H,3H2,1-2H3,(H,19,20). The van der Waals surface area contributed by atoms with Gasteiger partial charge in [-0.3, -0.25) is 0 Å². The van der Waals surface area contributed by atoms with E-state index in [1.807, 2.05) is 49.5 Å². The summed E-state index contributed by atoms with van der Waals surface area (Å²) >= 11 is 0. The zero-order chi connectivity index (χ0) is 14.7. The molecule has 0 saturated heterocycles. The van der Waals surface area contributed by atoms with E-state index in [2.05, 4.69) is 24.4 Å². The maximum atomic E-state index is 6.00. The monoisotopic (exact) mass is 278 g/mol. The fraction of sp³-hybridized carbons (Fsp3) is 0.167. The zero-order valence-corrected chi connectivity index (χ0v) is 12.3.